The molecule has 0 aromatic heterocycles. The second kappa shape index (κ2) is 9.28. The summed E-state index contributed by atoms with van der Waals surface area (Å²) in [5.41, 5.74) is 0.517. The summed E-state index contributed by atoms with van der Waals surface area (Å²) in [5.74, 6) is -0.0484. The Kier molecular flexibility index (Phi) is 7.37. The van der Waals surface area contributed by atoms with E-state index in [1.165, 1.54) is 12.1 Å². The lowest BCUT2D eigenvalue weighted by Crippen LogP contribution is -2.48. The van der Waals surface area contributed by atoms with Crippen LogP contribution in [0, 0.1) is 0 Å². The van der Waals surface area contributed by atoms with Gasteiger partial charge in [0, 0.05) is 52.0 Å². The lowest BCUT2D eigenvalue weighted by Gasteiger charge is -2.34. The van der Waals surface area contributed by atoms with E-state index in [1.54, 1.807) is 19.2 Å². The molecule has 0 bridgehead atoms. The minimum absolute atomic E-state index is 0.0484. The van der Waals surface area contributed by atoms with Gasteiger partial charge in [-0.05, 0) is 37.2 Å². The molecule has 1 N–H and O–H groups in total. The maximum Gasteiger partial charge on any atom is 0.253 e. The lowest BCUT2D eigenvalue weighted by atomic mass is 10.2. The van der Waals surface area contributed by atoms with Crippen molar-refractivity contribution in [1.29, 1.82) is 0 Å². The Labute approximate surface area is 150 Å². The van der Waals surface area contributed by atoms with Crippen LogP contribution >= 0.6 is 0 Å². The van der Waals surface area contributed by atoms with Gasteiger partial charge >= 0.3 is 0 Å². The maximum absolute atomic E-state index is 12.5. The Bertz CT molecular complexity index is 653. The maximum atomic E-state index is 12.5. The monoisotopic (exact) mass is 369 g/mol. The molecule has 2 rings (SSSR count). The fraction of sp³-hybridized carbons (Fsp3) is 0.588. The van der Waals surface area contributed by atoms with Crippen molar-refractivity contribution in [2.45, 2.75) is 18.2 Å². The van der Waals surface area contributed by atoms with Gasteiger partial charge in [-0.3, -0.25) is 4.79 Å². The first-order valence-corrected chi connectivity index (χ1v) is 10.1. The van der Waals surface area contributed by atoms with E-state index < -0.39 is 10.0 Å². The summed E-state index contributed by atoms with van der Waals surface area (Å²) < 4.78 is 31.8. The number of carbonyl (C=O) groups is 1. The zero-order chi connectivity index (χ0) is 18.3. The molecule has 0 aliphatic carbocycles. The van der Waals surface area contributed by atoms with Crippen LogP contribution in [0.25, 0.3) is 0 Å². The Morgan fingerprint density at radius 3 is 2.36 bits per heavy atom. The van der Waals surface area contributed by atoms with Gasteiger partial charge in [-0.15, -0.1) is 0 Å². The van der Waals surface area contributed by atoms with Gasteiger partial charge in [0.05, 0.1) is 4.90 Å². The summed E-state index contributed by atoms with van der Waals surface area (Å²) in [6.45, 7) is 7.08. The van der Waals surface area contributed by atoms with Crippen molar-refractivity contribution in [3.63, 3.8) is 0 Å². The number of rotatable bonds is 8. The molecule has 1 amide bonds. The van der Waals surface area contributed by atoms with Gasteiger partial charge in [-0.2, -0.15) is 0 Å². The lowest BCUT2D eigenvalue weighted by molar-refractivity contribution is 0.0643. The molecule has 0 atom stereocenters. The Balaban J connectivity index is 1.96. The molecule has 1 aliphatic heterocycles. The number of amides is 1. The zero-order valence-electron chi connectivity index (χ0n) is 14.9. The zero-order valence-corrected chi connectivity index (χ0v) is 15.7. The number of hydrogen-bond donors (Lipinski definition) is 1. The largest absolute Gasteiger partial charge is 0.385 e. The fourth-order valence-electron chi connectivity index (χ4n) is 2.73. The summed E-state index contributed by atoms with van der Waals surface area (Å²) in [6, 6.07) is 6.12. The van der Waals surface area contributed by atoms with Crippen molar-refractivity contribution < 1.29 is 17.9 Å². The van der Waals surface area contributed by atoms with Gasteiger partial charge in [0.15, 0.2) is 0 Å². The number of hydrogen-bond acceptors (Lipinski definition) is 5. The second-order valence-corrected chi connectivity index (χ2v) is 7.76. The SMILES string of the molecule is CCN1CCN(C(=O)c2ccc(S(=O)(=O)NCCCOC)cc2)CC1. The van der Waals surface area contributed by atoms with E-state index in [9.17, 15) is 13.2 Å². The Hall–Kier alpha value is -1.48. The highest BCUT2D eigenvalue weighted by molar-refractivity contribution is 7.89. The van der Waals surface area contributed by atoms with Crippen LogP contribution in [-0.4, -0.2) is 77.1 Å². The molecule has 0 saturated carbocycles. The molecule has 8 heteroatoms. The van der Waals surface area contributed by atoms with Crippen molar-refractivity contribution in [1.82, 2.24) is 14.5 Å². The number of nitrogens with zero attached hydrogens (tertiary/aromatic N) is 2. The van der Waals surface area contributed by atoms with Crippen molar-refractivity contribution in [3.8, 4) is 0 Å². The average Bonchev–Trinajstić information content (AvgIpc) is 2.65. The number of carbonyl (C=O) groups excluding carboxylic acids is 1. The van der Waals surface area contributed by atoms with E-state index in [4.69, 9.17) is 4.74 Å². The highest BCUT2D eigenvalue weighted by Crippen LogP contribution is 2.13. The first-order valence-electron chi connectivity index (χ1n) is 8.58. The number of likely N-dealkylation sites (N-methyl/N-ethyl adjacent to an activating group) is 1. The van der Waals surface area contributed by atoms with Gasteiger partial charge in [0.2, 0.25) is 10.0 Å². The fourth-order valence-corrected chi connectivity index (χ4v) is 3.81. The molecule has 0 spiro atoms. The van der Waals surface area contributed by atoms with Crippen LogP contribution in [0.5, 0.6) is 0 Å². The van der Waals surface area contributed by atoms with Gasteiger partial charge < -0.3 is 14.5 Å². The number of benzene rings is 1. The van der Waals surface area contributed by atoms with Crippen LogP contribution in [0.1, 0.15) is 23.7 Å². The highest BCUT2D eigenvalue weighted by atomic mass is 32.2. The van der Waals surface area contributed by atoms with E-state index in [-0.39, 0.29) is 10.8 Å². The van der Waals surface area contributed by atoms with Crippen LogP contribution < -0.4 is 4.72 Å². The summed E-state index contributed by atoms with van der Waals surface area (Å²) in [6.07, 6.45) is 0.607. The van der Waals surface area contributed by atoms with Crippen molar-refractivity contribution in [3.05, 3.63) is 29.8 Å². The molecule has 140 valence electrons. The third-order valence-electron chi connectivity index (χ3n) is 4.34. The molecule has 1 aliphatic rings. The standard InChI is InChI=1S/C17H27N3O4S/c1-3-19-10-12-20(13-11-19)17(21)15-5-7-16(8-6-15)25(22,23)18-9-4-14-24-2/h5-8,18H,3-4,9-14H2,1-2H3. The number of sulfonamides is 1. The first-order chi connectivity index (χ1) is 12.0. The van der Waals surface area contributed by atoms with Gasteiger partial charge in [0.25, 0.3) is 5.91 Å². The van der Waals surface area contributed by atoms with Crippen molar-refractivity contribution in [2.75, 3.05) is 53.0 Å². The van der Waals surface area contributed by atoms with Crippen LogP contribution in [0.2, 0.25) is 0 Å². The molecule has 1 heterocycles. The molecule has 1 aromatic carbocycles. The molecule has 0 radical (unpaired) electrons. The van der Waals surface area contributed by atoms with Gasteiger partial charge in [-0.25, -0.2) is 13.1 Å². The molecule has 25 heavy (non-hydrogen) atoms. The van der Waals surface area contributed by atoms with Crippen LogP contribution in [0.15, 0.2) is 29.2 Å². The molecule has 1 saturated heterocycles. The average molecular weight is 369 g/mol. The number of methoxy groups -OCH3 is 1. The number of nitrogens with one attached hydrogen (secondary N) is 1. The highest BCUT2D eigenvalue weighted by Gasteiger charge is 2.22. The minimum atomic E-state index is -3.56. The molecule has 7 nitrogen and oxygen atoms in total. The molecule has 1 aromatic rings. The quantitative estimate of drug-likeness (QED) is 0.685. The predicted molar refractivity (Wildman–Crippen MR) is 96.1 cm³/mol. The first kappa shape index (κ1) is 19.8. The predicted octanol–water partition coefficient (Wildman–Crippen LogP) is 0.779. The van der Waals surface area contributed by atoms with Crippen LogP contribution in [0.4, 0.5) is 0 Å². The molecule has 0 unspecified atom stereocenters. The van der Waals surface area contributed by atoms with E-state index in [0.29, 0.717) is 38.2 Å². The van der Waals surface area contributed by atoms with E-state index in [2.05, 4.69) is 16.5 Å². The molecular weight excluding hydrogens is 342 g/mol. The topological polar surface area (TPSA) is 79.0 Å². The van der Waals surface area contributed by atoms with E-state index >= 15 is 0 Å². The third-order valence-corrected chi connectivity index (χ3v) is 5.81. The smallest absolute Gasteiger partial charge is 0.253 e. The summed E-state index contributed by atoms with van der Waals surface area (Å²) >= 11 is 0. The summed E-state index contributed by atoms with van der Waals surface area (Å²) in [4.78, 5) is 16.8. The van der Waals surface area contributed by atoms with Crippen LogP contribution in [0.3, 0.4) is 0 Å². The third kappa shape index (κ3) is 5.50. The second-order valence-electron chi connectivity index (χ2n) is 5.99. The van der Waals surface area contributed by atoms with E-state index in [1.807, 2.05) is 4.90 Å². The summed E-state index contributed by atoms with van der Waals surface area (Å²) in [7, 11) is -1.98. The van der Waals surface area contributed by atoms with Gasteiger partial charge in [0.1, 0.15) is 0 Å². The number of ether oxygens (including phenoxy) is 1. The normalized spacial score (nSPS) is 16.2. The number of piperazine rings is 1. The van der Waals surface area contributed by atoms with Gasteiger partial charge in [-0.1, -0.05) is 6.92 Å². The molecule has 1 fully saturated rings. The Morgan fingerprint density at radius 2 is 1.80 bits per heavy atom. The van der Waals surface area contributed by atoms with Crippen LogP contribution in [-0.2, 0) is 14.8 Å². The van der Waals surface area contributed by atoms with Crippen molar-refractivity contribution >= 4 is 15.9 Å². The summed E-state index contributed by atoms with van der Waals surface area (Å²) in [5, 5.41) is 0. The van der Waals surface area contributed by atoms with Crippen molar-refractivity contribution in [2.24, 2.45) is 0 Å². The Morgan fingerprint density at radius 1 is 1.16 bits per heavy atom. The minimum Gasteiger partial charge on any atom is -0.385 e. The molecular formula is C17H27N3O4S. The van der Waals surface area contributed by atoms with E-state index in [0.717, 1.165) is 19.6 Å².